The average molecular weight is 250 g/mol. The molecule has 0 saturated carbocycles. The molecule has 2 heteroatoms. The highest BCUT2D eigenvalue weighted by molar-refractivity contribution is 5.84. The van der Waals surface area contributed by atoms with Crippen molar-refractivity contribution in [1.82, 2.24) is 0 Å². The highest BCUT2D eigenvalue weighted by Crippen LogP contribution is 2.36. The molecule has 0 radical (unpaired) electrons. The zero-order valence-electron chi connectivity index (χ0n) is 10.4. The van der Waals surface area contributed by atoms with Crippen molar-refractivity contribution in [3.8, 4) is 22.3 Å². The largest absolute Gasteiger partial charge is 0.466 e. The van der Waals surface area contributed by atoms with E-state index in [1.165, 1.54) is 0 Å². The minimum atomic E-state index is -0.100. The fraction of sp³-hybridized carbons (Fsp3) is 0.0588. The van der Waals surface area contributed by atoms with Gasteiger partial charge in [-0.15, -0.1) is 0 Å². The van der Waals surface area contributed by atoms with Crippen LogP contribution in [0.5, 0.6) is 0 Å². The number of hydrogen-bond acceptors (Lipinski definition) is 2. The molecule has 1 heterocycles. The molecule has 0 saturated heterocycles. The van der Waals surface area contributed by atoms with Gasteiger partial charge < -0.3 is 9.52 Å². The van der Waals surface area contributed by atoms with Crippen LogP contribution in [0, 0.1) is 0 Å². The van der Waals surface area contributed by atoms with Crippen LogP contribution in [-0.2, 0) is 6.61 Å². The van der Waals surface area contributed by atoms with Crippen molar-refractivity contribution in [2.45, 2.75) is 6.61 Å². The second-order valence-electron chi connectivity index (χ2n) is 4.34. The molecule has 0 aliphatic heterocycles. The number of benzene rings is 2. The van der Waals surface area contributed by atoms with Gasteiger partial charge in [0.15, 0.2) is 0 Å². The first-order valence-corrected chi connectivity index (χ1v) is 6.22. The molecule has 0 amide bonds. The van der Waals surface area contributed by atoms with Crippen LogP contribution in [-0.4, -0.2) is 5.11 Å². The molecule has 1 aromatic heterocycles. The smallest absolute Gasteiger partial charge is 0.137 e. The molecule has 2 aromatic carbocycles. The van der Waals surface area contributed by atoms with Crippen molar-refractivity contribution in [3.05, 3.63) is 72.7 Å². The lowest BCUT2D eigenvalue weighted by molar-refractivity contribution is 0.248. The van der Waals surface area contributed by atoms with Gasteiger partial charge in [-0.2, -0.15) is 0 Å². The first-order chi connectivity index (χ1) is 9.40. The summed E-state index contributed by atoms with van der Waals surface area (Å²) in [7, 11) is 0. The maximum Gasteiger partial charge on any atom is 0.137 e. The van der Waals surface area contributed by atoms with Crippen molar-refractivity contribution in [2.75, 3.05) is 0 Å². The Morgan fingerprint density at radius 1 is 0.789 bits per heavy atom. The molecular weight excluding hydrogens is 236 g/mol. The molecule has 3 aromatic rings. The van der Waals surface area contributed by atoms with Gasteiger partial charge >= 0.3 is 0 Å². The van der Waals surface area contributed by atoms with Crippen molar-refractivity contribution in [1.29, 1.82) is 0 Å². The van der Waals surface area contributed by atoms with E-state index in [0.717, 1.165) is 22.3 Å². The van der Waals surface area contributed by atoms with Crippen LogP contribution in [0.4, 0.5) is 0 Å². The van der Waals surface area contributed by atoms with Gasteiger partial charge in [0.2, 0.25) is 0 Å². The van der Waals surface area contributed by atoms with Crippen LogP contribution in [0.1, 0.15) is 5.76 Å². The minimum Gasteiger partial charge on any atom is -0.466 e. The molecule has 3 rings (SSSR count). The standard InChI is InChI=1S/C17H14O2/c18-11-16-17(14-9-5-2-6-10-14)15(12-19-16)13-7-3-1-4-8-13/h1-10,12,18H,11H2. The third kappa shape index (κ3) is 2.18. The first-order valence-electron chi connectivity index (χ1n) is 6.22. The highest BCUT2D eigenvalue weighted by Gasteiger charge is 2.15. The molecule has 94 valence electrons. The quantitative estimate of drug-likeness (QED) is 0.759. The van der Waals surface area contributed by atoms with Crippen molar-refractivity contribution >= 4 is 0 Å². The summed E-state index contributed by atoms with van der Waals surface area (Å²) in [6, 6.07) is 20.1. The zero-order valence-corrected chi connectivity index (χ0v) is 10.4. The molecule has 0 atom stereocenters. The van der Waals surface area contributed by atoms with Crippen LogP contribution in [0.15, 0.2) is 71.3 Å². The van der Waals surface area contributed by atoms with Crippen LogP contribution >= 0.6 is 0 Å². The second kappa shape index (κ2) is 5.12. The molecule has 0 fully saturated rings. The third-order valence-electron chi connectivity index (χ3n) is 3.16. The fourth-order valence-corrected chi connectivity index (χ4v) is 2.27. The molecule has 0 spiro atoms. The van der Waals surface area contributed by atoms with Crippen LogP contribution in [0.25, 0.3) is 22.3 Å². The average Bonchev–Trinajstić information content (AvgIpc) is 2.93. The highest BCUT2D eigenvalue weighted by atomic mass is 16.4. The van der Waals surface area contributed by atoms with Gasteiger partial charge in [-0.3, -0.25) is 0 Å². The van der Waals surface area contributed by atoms with E-state index in [1.807, 2.05) is 60.7 Å². The van der Waals surface area contributed by atoms with E-state index in [-0.39, 0.29) is 6.61 Å². The van der Waals surface area contributed by atoms with Crippen LogP contribution in [0.3, 0.4) is 0 Å². The molecular formula is C17H14O2. The van der Waals surface area contributed by atoms with Gasteiger partial charge in [-0.25, -0.2) is 0 Å². The summed E-state index contributed by atoms with van der Waals surface area (Å²) in [5.41, 5.74) is 4.12. The lowest BCUT2D eigenvalue weighted by Gasteiger charge is -2.05. The number of aliphatic hydroxyl groups excluding tert-OH is 1. The Bertz CT molecular complexity index is 654. The second-order valence-corrected chi connectivity index (χ2v) is 4.34. The number of rotatable bonds is 3. The maximum atomic E-state index is 9.45. The first kappa shape index (κ1) is 11.8. The summed E-state index contributed by atoms with van der Waals surface area (Å²) in [5, 5.41) is 9.45. The van der Waals surface area contributed by atoms with E-state index in [9.17, 15) is 5.11 Å². The number of hydrogen-bond donors (Lipinski definition) is 1. The van der Waals surface area contributed by atoms with Crippen molar-refractivity contribution in [2.24, 2.45) is 0 Å². The Hall–Kier alpha value is -2.32. The van der Waals surface area contributed by atoms with Crippen molar-refractivity contribution < 1.29 is 9.52 Å². The predicted molar refractivity (Wildman–Crippen MR) is 75.5 cm³/mol. The van der Waals surface area contributed by atoms with E-state index >= 15 is 0 Å². The molecule has 19 heavy (non-hydrogen) atoms. The van der Waals surface area contributed by atoms with Crippen LogP contribution in [0.2, 0.25) is 0 Å². The van der Waals surface area contributed by atoms with Gasteiger partial charge in [0.1, 0.15) is 12.4 Å². The summed E-state index contributed by atoms with van der Waals surface area (Å²) in [6.45, 7) is -0.100. The summed E-state index contributed by atoms with van der Waals surface area (Å²) >= 11 is 0. The van der Waals surface area contributed by atoms with E-state index in [4.69, 9.17) is 4.42 Å². The Morgan fingerprint density at radius 3 is 1.95 bits per heavy atom. The molecule has 1 N–H and O–H groups in total. The topological polar surface area (TPSA) is 33.4 Å². The van der Waals surface area contributed by atoms with E-state index in [0.29, 0.717) is 5.76 Å². The lowest BCUT2D eigenvalue weighted by Crippen LogP contribution is -1.86. The van der Waals surface area contributed by atoms with E-state index < -0.39 is 0 Å². The van der Waals surface area contributed by atoms with Gasteiger partial charge in [-0.05, 0) is 11.1 Å². The Balaban J connectivity index is 2.20. The van der Waals surface area contributed by atoms with Crippen LogP contribution < -0.4 is 0 Å². The Labute approximate surface area is 111 Å². The summed E-state index contributed by atoms with van der Waals surface area (Å²) in [5.74, 6) is 0.602. The monoisotopic (exact) mass is 250 g/mol. The molecule has 0 bridgehead atoms. The lowest BCUT2D eigenvalue weighted by atomic mass is 9.97. The third-order valence-corrected chi connectivity index (χ3v) is 3.16. The number of furan rings is 1. The van der Waals surface area contributed by atoms with Gasteiger partial charge in [0.05, 0.1) is 6.26 Å². The molecule has 0 unspecified atom stereocenters. The Morgan fingerprint density at radius 2 is 1.37 bits per heavy atom. The van der Waals surface area contributed by atoms with Gasteiger partial charge in [0.25, 0.3) is 0 Å². The normalized spacial score (nSPS) is 10.6. The van der Waals surface area contributed by atoms with E-state index in [1.54, 1.807) is 6.26 Å². The molecule has 0 aliphatic rings. The summed E-state index contributed by atoms with van der Waals surface area (Å²) in [6.07, 6.45) is 1.71. The van der Waals surface area contributed by atoms with Gasteiger partial charge in [-0.1, -0.05) is 60.7 Å². The molecule has 0 aliphatic carbocycles. The maximum absolute atomic E-state index is 9.45. The summed E-state index contributed by atoms with van der Waals surface area (Å²) < 4.78 is 5.50. The number of aliphatic hydroxyl groups is 1. The zero-order chi connectivity index (χ0) is 13.1. The minimum absolute atomic E-state index is 0.100. The molecule has 2 nitrogen and oxygen atoms in total. The van der Waals surface area contributed by atoms with Gasteiger partial charge in [0, 0.05) is 11.1 Å². The summed E-state index contributed by atoms with van der Waals surface area (Å²) in [4.78, 5) is 0. The van der Waals surface area contributed by atoms with E-state index in [2.05, 4.69) is 0 Å². The van der Waals surface area contributed by atoms with Crippen molar-refractivity contribution in [3.63, 3.8) is 0 Å². The fourth-order valence-electron chi connectivity index (χ4n) is 2.27. The predicted octanol–water partition coefficient (Wildman–Crippen LogP) is 4.11. The SMILES string of the molecule is OCc1occ(-c2ccccc2)c1-c1ccccc1. The Kier molecular flexibility index (Phi) is 3.17.